The fourth-order valence-corrected chi connectivity index (χ4v) is 8.75. The van der Waals surface area contributed by atoms with Gasteiger partial charge in [-0.1, -0.05) is 240 Å². The zero-order valence-corrected chi connectivity index (χ0v) is 46.6. The van der Waals surface area contributed by atoms with Crippen LogP contribution in [0.3, 0.4) is 0 Å². The number of carbonyl (C=O) groups is 2. The first kappa shape index (κ1) is 68.2. The van der Waals surface area contributed by atoms with Crippen LogP contribution in [0.1, 0.15) is 258 Å². The predicted molar refractivity (Wildman–Crippen MR) is 302 cm³/mol. The van der Waals surface area contributed by atoms with E-state index < -0.39 is 26.5 Å². The largest absolute Gasteiger partial charge is 0.472 e. The third kappa shape index (κ3) is 56.3. The Kier molecular flexibility index (Phi) is 54.2. The van der Waals surface area contributed by atoms with Gasteiger partial charge in [-0.05, 0) is 89.9 Å². The Labute approximate surface area is 436 Å². The molecule has 0 fully saturated rings. The highest BCUT2D eigenvalue weighted by Gasteiger charge is 2.26. The lowest BCUT2D eigenvalue weighted by atomic mass is 10.0. The first-order chi connectivity index (χ1) is 34.8. The van der Waals surface area contributed by atoms with Gasteiger partial charge in [0.05, 0.1) is 13.2 Å². The summed E-state index contributed by atoms with van der Waals surface area (Å²) in [7, 11) is -4.40. The van der Waals surface area contributed by atoms with Gasteiger partial charge in [-0.15, -0.1) is 0 Å². The summed E-state index contributed by atoms with van der Waals surface area (Å²) in [6.45, 7) is 3.60. The molecular formula is C61H108NO8P. The molecule has 0 aliphatic heterocycles. The van der Waals surface area contributed by atoms with Crippen LogP contribution in [-0.4, -0.2) is 49.3 Å². The van der Waals surface area contributed by atoms with Crippen LogP contribution in [0.2, 0.25) is 0 Å². The molecule has 0 aliphatic carbocycles. The lowest BCUT2D eigenvalue weighted by molar-refractivity contribution is -0.161. The lowest BCUT2D eigenvalue weighted by Crippen LogP contribution is -2.29. The normalized spacial score (nSPS) is 13.7. The Morgan fingerprint density at radius 3 is 1.15 bits per heavy atom. The standard InChI is InChI=1S/C61H108NO8P/c1-3-5-7-9-11-13-15-17-19-21-22-23-24-25-26-27-28-29-30-31-32-33-34-35-36-38-39-41-43-45-47-49-51-53-60(63)67-57-59(58-69-71(65,66)68-56-55-62)70-61(64)54-52-50-48-46-44-42-40-37-20-18-16-14-12-10-8-6-4-2/h6,8,12,14-15,17-18,20-22,24-25,40,42,59H,3-5,7,9-11,13,16,19,23,26-39,41,43-58,62H2,1-2H3,(H,65,66)/b8-6-,14-12-,17-15-,20-18-,22-21-,25-24-,42-40-. The summed E-state index contributed by atoms with van der Waals surface area (Å²) in [5.41, 5.74) is 5.37. The van der Waals surface area contributed by atoms with Gasteiger partial charge in [-0.25, -0.2) is 4.57 Å². The zero-order valence-electron chi connectivity index (χ0n) is 45.7. The van der Waals surface area contributed by atoms with Gasteiger partial charge in [-0.2, -0.15) is 0 Å². The second-order valence-electron chi connectivity index (χ2n) is 19.1. The van der Waals surface area contributed by atoms with Crippen molar-refractivity contribution < 1.29 is 37.6 Å². The molecular weight excluding hydrogens is 906 g/mol. The fourth-order valence-electron chi connectivity index (χ4n) is 7.99. The Morgan fingerprint density at radius 1 is 0.437 bits per heavy atom. The maximum absolute atomic E-state index is 12.7. The Bertz CT molecular complexity index is 1440. The van der Waals surface area contributed by atoms with Crippen molar-refractivity contribution in [2.45, 2.75) is 264 Å². The minimum atomic E-state index is -4.40. The van der Waals surface area contributed by atoms with E-state index >= 15 is 0 Å². The van der Waals surface area contributed by atoms with E-state index in [0.29, 0.717) is 6.42 Å². The van der Waals surface area contributed by atoms with Gasteiger partial charge in [0.25, 0.3) is 0 Å². The Balaban J connectivity index is 3.91. The van der Waals surface area contributed by atoms with E-state index in [1.165, 1.54) is 141 Å². The summed E-state index contributed by atoms with van der Waals surface area (Å²) in [4.78, 5) is 35.1. The minimum Gasteiger partial charge on any atom is -0.462 e. The zero-order chi connectivity index (χ0) is 51.7. The molecule has 0 amide bonds. The predicted octanol–water partition coefficient (Wildman–Crippen LogP) is 18.3. The van der Waals surface area contributed by atoms with Gasteiger partial charge in [-0.3, -0.25) is 18.6 Å². The molecule has 0 aromatic rings. The molecule has 0 saturated carbocycles. The highest BCUT2D eigenvalue weighted by atomic mass is 31.2. The van der Waals surface area contributed by atoms with Crippen LogP contribution < -0.4 is 5.73 Å². The van der Waals surface area contributed by atoms with Gasteiger partial charge in [0.2, 0.25) is 0 Å². The summed E-state index contributed by atoms with van der Waals surface area (Å²) in [5.74, 6) is -0.853. The average molecular weight is 1010 g/mol. The van der Waals surface area contributed by atoms with Crippen LogP contribution in [0.15, 0.2) is 85.1 Å². The summed E-state index contributed by atoms with van der Waals surface area (Å²) < 4.78 is 33.0. The summed E-state index contributed by atoms with van der Waals surface area (Å²) >= 11 is 0. The fraction of sp³-hybridized carbons (Fsp3) is 0.738. The molecule has 0 rings (SSSR count). The Morgan fingerprint density at radius 2 is 0.775 bits per heavy atom. The molecule has 3 N–H and O–H groups in total. The molecule has 0 spiro atoms. The van der Waals surface area contributed by atoms with E-state index in [2.05, 4.69) is 98.9 Å². The molecule has 10 heteroatoms. The van der Waals surface area contributed by atoms with Crippen LogP contribution in [0.25, 0.3) is 0 Å². The molecule has 0 radical (unpaired) electrons. The molecule has 2 unspecified atom stereocenters. The number of allylic oxidation sites excluding steroid dienone is 14. The van der Waals surface area contributed by atoms with Crippen LogP contribution in [-0.2, 0) is 32.7 Å². The number of hydrogen-bond donors (Lipinski definition) is 2. The van der Waals surface area contributed by atoms with Gasteiger partial charge in [0.15, 0.2) is 6.10 Å². The van der Waals surface area contributed by atoms with Crippen LogP contribution in [0.4, 0.5) is 0 Å². The number of hydrogen-bond acceptors (Lipinski definition) is 8. The lowest BCUT2D eigenvalue weighted by Gasteiger charge is -2.19. The van der Waals surface area contributed by atoms with Crippen molar-refractivity contribution in [3.63, 3.8) is 0 Å². The molecule has 0 aliphatic rings. The smallest absolute Gasteiger partial charge is 0.462 e. The van der Waals surface area contributed by atoms with Crippen molar-refractivity contribution in [3.05, 3.63) is 85.1 Å². The maximum atomic E-state index is 12.7. The number of rotatable bonds is 54. The molecule has 0 aromatic carbocycles. The minimum absolute atomic E-state index is 0.0462. The molecule has 0 saturated heterocycles. The second-order valence-corrected chi connectivity index (χ2v) is 20.6. The molecule has 2 atom stereocenters. The first-order valence-electron chi connectivity index (χ1n) is 29.1. The monoisotopic (exact) mass is 1010 g/mol. The number of carbonyl (C=O) groups excluding carboxylic acids is 2. The number of phosphoric ester groups is 1. The van der Waals surface area contributed by atoms with Crippen molar-refractivity contribution in [3.8, 4) is 0 Å². The molecule has 410 valence electrons. The van der Waals surface area contributed by atoms with Crippen molar-refractivity contribution in [1.82, 2.24) is 0 Å². The number of ether oxygens (including phenoxy) is 2. The molecule has 71 heavy (non-hydrogen) atoms. The third-order valence-electron chi connectivity index (χ3n) is 12.3. The van der Waals surface area contributed by atoms with Gasteiger partial charge >= 0.3 is 19.8 Å². The molecule has 0 aromatic heterocycles. The maximum Gasteiger partial charge on any atom is 0.472 e. The summed E-state index contributed by atoms with van der Waals surface area (Å²) in [5, 5.41) is 0. The number of unbranched alkanes of at least 4 members (excludes halogenated alkanes) is 27. The van der Waals surface area contributed by atoms with Crippen LogP contribution in [0.5, 0.6) is 0 Å². The Hall–Kier alpha value is -2.81. The van der Waals surface area contributed by atoms with E-state index in [-0.39, 0.29) is 38.6 Å². The SMILES string of the molecule is CC/C=C\C/C=C\C/C=C\C/C=C\CCCCCCC(=O)OC(COC(=O)CCCCCCCCCCCCCCCCCCCC/C=C\C/C=C\C/C=C\CCCCCCC)COP(=O)(O)OCCN. The highest BCUT2D eigenvalue weighted by Crippen LogP contribution is 2.43. The number of esters is 2. The van der Waals surface area contributed by atoms with E-state index in [0.717, 1.165) is 83.5 Å². The number of nitrogens with two attached hydrogens (primary N) is 1. The van der Waals surface area contributed by atoms with Gasteiger partial charge in [0.1, 0.15) is 6.61 Å². The van der Waals surface area contributed by atoms with Crippen molar-refractivity contribution in [2.75, 3.05) is 26.4 Å². The number of phosphoric acid groups is 1. The average Bonchev–Trinajstić information content (AvgIpc) is 3.36. The summed E-state index contributed by atoms with van der Waals surface area (Å²) in [6, 6.07) is 0. The van der Waals surface area contributed by atoms with E-state index in [9.17, 15) is 19.0 Å². The molecule has 0 bridgehead atoms. The van der Waals surface area contributed by atoms with E-state index in [1.807, 2.05) is 0 Å². The first-order valence-corrected chi connectivity index (χ1v) is 30.6. The van der Waals surface area contributed by atoms with Crippen molar-refractivity contribution >= 4 is 19.8 Å². The van der Waals surface area contributed by atoms with Gasteiger partial charge in [0, 0.05) is 19.4 Å². The van der Waals surface area contributed by atoms with Gasteiger partial charge < -0.3 is 20.1 Å². The van der Waals surface area contributed by atoms with Crippen LogP contribution >= 0.6 is 7.82 Å². The molecule has 0 heterocycles. The molecule has 9 nitrogen and oxygen atoms in total. The van der Waals surface area contributed by atoms with Crippen molar-refractivity contribution in [1.29, 1.82) is 0 Å². The van der Waals surface area contributed by atoms with E-state index in [1.54, 1.807) is 0 Å². The van der Waals surface area contributed by atoms with Crippen molar-refractivity contribution in [2.24, 2.45) is 5.73 Å². The van der Waals surface area contributed by atoms with E-state index in [4.69, 9.17) is 24.3 Å². The topological polar surface area (TPSA) is 134 Å². The quantitative estimate of drug-likeness (QED) is 0.0264. The highest BCUT2D eigenvalue weighted by molar-refractivity contribution is 7.47. The summed E-state index contributed by atoms with van der Waals surface area (Å²) in [6.07, 6.45) is 73.7. The third-order valence-corrected chi connectivity index (χ3v) is 13.2. The second kappa shape index (κ2) is 56.5. The van der Waals surface area contributed by atoms with Crippen LogP contribution in [0, 0.1) is 0 Å².